The van der Waals surface area contributed by atoms with E-state index >= 15 is 0 Å². The minimum atomic E-state index is -0.772. The van der Waals surface area contributed by atoms with Crippen LogP contribution in [0.4, 0.5) is 0 Å². The lowest BCUT2D eigenvalue weighted by Gasteiger charge is -2.12. The highest BCUT2D eigenvalue weighted by molar-refractivity contribution is 6.21. The molecule has 116 valence electrons. The van der Waals surface area contributed by atoms with Crippen molar-refractivity contribution < 1.29 is 23.9 Å². The Balaban J connectivity index is 2.21. The zero-order valence-electron chi connectivity index (χ0n) is 12.1. The molecule has 7 heteroatoms. The van der Waals surface area contributed by atoms with Gasteiger partial charge < -0.3 is 10.5 Å². The van der Waals surface area contributed by atoms with Crippen LogP contribution in [-0.4, -0.2) is 41.7 Å². The average Bonchev–Trinajstić information content (AvgIpc) is 2.74. The van der Waals surface area contributed by atoms with Crippen LogP contribution in [0.5, 0.6) is 0 Å². The Kier molecular flexibility index (Phi) is 4.55. The van der Waals surface area contributed by atoms with Crippen LogP contribution >= 0.6 is 0 Å². The van der Waals surface area contributed by atoms with Gasteiger partial charge in [-0.2, -0.15) is 0 Å². The molecule has 1 heterocycles. The number of nitrogens with two attached hydrogens (primary N) is 1. The third-order valence-corrected chi connectivity index (χ3v) is 3.29. The molecule has 0 saturated carbocycles. The van der Waals surface area contributed by atoms with E-state index in [1.807, 2.05) is 6.92 Å². The molecule has 0 aromatic heterocycles. The maximum Gasteiger partial charge on any atom is 0.338 e. The number of fused-ring (bicyclic) bond motifs is 1. The van der Waals surface area contributed by atoms with E-state index in [2.05, 4.69) is 4.74 Å². The minimum absolute atomic E-state index is 0.0958. The van der Waals surface area contributed by atoms with Crippen LogP contribution in [0.25, 0.3) is 0 Å². The molecule has 0 fully saturated rings. The molecule has 0 saturated heterocycles. The Morgan fingerprint density at radius 2 is 1.86 bits per heavy atom. The highest BCUT2D eigenvalue weighted by Crippen LogP contribution is 2.24. The van der Waals surface area contributed by atoms with Crippen LogP contribution in [0.3, 0.4) is 0 Å². The van der Waals surface area contributed by atoms with Gasteiger partial charge in [-0.05, 0) is 24.6 Å². The number of rotatable bonds is 6. The summed E-state index contributed by atoms with van der Waals surface area (Å²) in [7, 11) is 0. The van der Waals surface area contributed by atoms with E-state index in [1.165, 1.54) is 23.1 Å². The first-order chi connectivity index (χ1) is 10.5. The van der Waals surface area contributed by atoms with Crippen molar-refractivity contribution in [2.45, 2.75) is 19.8 Å². The van der Waals surface area contributed by atoms with Crippen LogP contribution in [0.2, 0.25) is 0 Å². The molecule has 0 aliphatic carbocycles. The quantitative estimate of drug-likeness (QED) is 0.615. The first-order valence-electron chi connectivity index (χ1n) is 6.91. The number of carbonyl (C=O) groups excluding carboxylic acids is 4. The van der Waals surface area contributed by atoms with Crippen molar-refractivity contribution in [1.82, 2.24) is 4.90 Å². The van der Waals surface area contributed by atoms with Crippen molar-refractivity contribution in [3.63, 3.8) is 0 Å². The molecular weight excluding hydrogens is 288 g/mol. The third-order valence-electron chi connectivity index (χ3n) is 3.29. The van der Waals surface area contributed by atoms with E-state index in [4.69, 9.17) is 5.73 Å². The van der Waals surface area contributed by atoms with E-state index in [-0.39, 0.29) is 22.6 Å². The predicted octanol–water partition coefficient (Wildman–Crippen LogP) is 0.725. The summed E-state index contributed by atoms with van der Waals surface area (Å²) >= 11 is 0. The molecule has 2 N–H and O–H groups in total. The predicted molar refractivity (Wildman–Crippen MR) is 76.2 cm³/mol. The van der Waals surface area contributed by atoms with Crippen LogP contribution in [0.15, 0.2) is 18.2 Å². The topological polar surface area (TPSA) is 107 Å². The number of unbranched alkanes of at least 4 members (excludes halogenated alkanes) is 1. The maximum absolute atomic E-state index is 12.2. The lowest BCUT2D eigenvalue weighted by Crippen LogP contribution is -2.30. The Bertz CT molecular complexity index is 653. The second-order valence-electron chi connectivity index (χ2n) is 4.92. The Morgan fingerprint density at radius 1 is 1.18 bits per heavy atom. The number of imide groups is 1. The Labute approximate surface area is 127 Å². The summed E-state index contributed by atoms with van der Waals surface area (Å²) < 4.78 is 4.68. The highest BCUT2D eigenvalue weighted by atomic mass is 16.5. The number of primary amides is 1. The second kappa shape index (κ2) is 6.38. The number of nitrogens with zero attached hydrogens (tertiary/aromatic N) is 1. The summed E-state index contributed by atoms with van der Waals surface area (Å²) in [4.78, 5) is 47.9. The van der Waals surface area contributed by atoms with E-state index in [0.717, 1.165) is 12.8 Å². The molecule has 1 aromatic rings. The van der Waals surface area contributed by atoms with E-state index in [1.54, 1.807) is 0 Å². The smallest absolute Gasteiger partial charge is 0.338 e. The summed E-state index contributed by atoms with van der Waals surface area (Å²) in [6.07, 6.45) is 1.58. The molecule has 22 heavy (non-hydrogen) atoms. The average molecular weight is 304 g/mol. The van der Waals surface area contributed by atoms with Gasteiger partial charge >= 0.3 is 5.97 Å². The Morgan fingerprint density at radius 3 is 2.50 bits per heavy atom. The zero-order valence-corrected chi connectivity index (χ0v) is 12.1. The van der Waals surface area contributed by atoms with Crippen LogP contribution in [-0.2, 0) is 9.53 Å². The molecule has 0 atom stereocenters. The number of benzene rings is 1. The van der Waals surface area contributed by atoms with Crippen LogP contribution in [0.1, 0.15) is 50.8 Å². The van der Waals surface area contributed by atoms with E-state index in [0.29, 0.717) is 6.54 Å². The number of carbonyl (C=O) groups is 4. The van der Waals surface area contributed by atoms with Gasteiger partial charge in [0, 0.05) is 6.54 Å². The fourth-order valence-electron chi connectivity index (χ4n) is 2.16. The number of esters is 1. The largest absolute Gasteiger partial charge is 0.452 e. The van der Waals surface area contributed by atoms with Gasteiger partial charge in [-0.3, -0.25) is 19.3 Å². The number of hydrogen-bond donors (Lipinski definition) is 1. The monoisotopic (exact) mass is 304 g/mol. The van der Waals surface area contributed by atoms with Gasteiger partial charge in [0.05, 0.1) is 16.7 Å². The molecule has 1 aliphatic rings. The van der Waals surface area contributed by atoms with Crippen molar-refractivity contribution in [3.8, 4) is 0 Å². The second-order valence-corrected chi connectivity index (χ2v) is 4.92. The molecule has 1 aliphatic heterocycles. The molecule has 0 bridgehead atoms. The first-order valence-corrected chi connectivity index (χ1v) is 6.91. The van der Waals surface area contributed by atoms with Crippen LogP contribution < -0.4 is 5.73 Å². The lowest BCUT2D eigenvalue weighted by atomic mass is 10.1. The molecule has 0 unspecified atom stereocenters. The fourth-order valence-corrected chi connectivity index (χ4v) is 2.16. The van der Waals surface area contributed by atoms with E-state index < -0.39 is 24.4 Å². The molecule has 1 aromatic carbocycles. The Hall–Kier alpha value is -2.70. The zero-order chi connectivity index (χ0) is 16.3. The molecule has 7 nitrogen and oxygen atoms in total. The van der Waals surface area contributed by atoms with Crippen molar-refractivity contribution in [2.24, 2.45) is 5.73 Å². The van der Waals surface area contributed by atoms with Gasteiger partial charge in [0.15, 0.2) is 6.61 Å². The summed E-state index contributed by atoms with van der Waals surface area (Å²) in [6.45, 7) is 1.78. The van der Waals surface area contributed by atoms with Crippen molar-refractivity contribution in [2.75, 3.05) is 13.2 Å². The van der Waals surface area contributed by atoms with E-state index in [9.17, 15) is 19.2 Å². The standard InChI is InChI=1S/C15H16N2O5/c1-2-3-6-17-13(19)10-5-4-9(7-11(10)14(17)20)15(21)22-8-12(16)18/h4-5,7H,2-3,6,8H2,1H3,(H2,16,18). The number of ether oxygens (including phenoxy) is 1. The number of amides is 3. The van der Waals surface area contributed by atoms with Gasteiger partial charge in [0.1, 0.15) is 0 Å². The van der Waals surface area contributed by atoms with Crippen LogP contribution in [0, 0.1) is 0 Å². The molecule has 3 amide bonds. The van der Waals surface area contributed by atoms with Gasteiger partial charge in [-0.1, -0.05) is 13.3 Å². The van der Waals surface area contributed by atoms with Crippen molar-refractivity contribution in [1.29, 1.82) is 0 Å². The molecule has 2 rings (SSSR count). The minimum Gasteiger partial charge on any atom is -0.452 e. The third kappa shape index (κ3) is 2.98. The normalized spacial score (nSPS) is 13.2. The SMILES string of the molecule is CCCCN1C(=O)c2ccc(C(=O)OCC(N)=O)cc2C1=O. The van der Waals surface area contributed by atoms with Crippen molar-refractivity contribution in [3.05, 3.63) is 34.9 Å². The molecular formula is C15H16N2O5. The summed E-state index contributed by atoms with van der Waals surface area (Å²) in [5.74, 6) is -2.32. The molecule has 0 radical (unpaired) electrons. The van der Waals surface area contributed by atoms with Gasteiger partial charge in [0.25, 0.3) is 17.7 Å². The lowest BCUT2D eigenvalue weighted by molar-refractivity contribution is -0.121. The molecule has 0 spiro atoms. The highest BCUT2D eigenvalue weighted by Gasteiger charge is 2.35. The summed E-state index contributed by atoms with van der Waals surface area (Å²) in [5, 5.41) is 0. The summed E-state index contributed by atoms with van der Waals surface area (Å²) in [6, 6.07) is 4.11. The van der Waals surface area contributed by atoms with Crippen molar-refractivity contribution >= 4 is 23.7 Å². The number of hydrogen-bond acceptors (Lipinski definition) is 5. The van der Waals surface area contributed by atoms with Gasteiger partial charge in [-0.25, -0.2) is 4.79 Å². The van der Waals surface area contributed by atoms with Gasteiger partial charge in [-0.15, -0.1) is 0 Å². The fraction of sp³-hybridized carbons (Fsp3) is 0.333. The maximum atomic E-state index is 12.2. The summed E-state index contributed by atoms with van der Waals surface area (Å²) in [5.41, 5.74) is 5.43. The first kappa shape index (κ1) is 15.7. The van der Waals surface area contributed by atoms with Gasteiger partial charge in [0.2, 0.25) is 0 Å².